The van der Waals surface area contributed by atoms with Crippen LogP contribution in [0.2, 0.25) is 0 Å². The molecule has 1 aromatic rings. The van der Waals surface area contributed by atoms with E-state index in [1.807, 2.05) is 37.3 Å². The van der Waals surface area contributed by atoms with Gasteiger partial charge in [0.2, 0.25) is 5.91 Å². The summed E-state index contributed by atoms with van der Waals surface area (Å²) in [6, 6.07) is 9.62. The summed E-state index contributed by atoms with van der Waals surface area (Å²) in [4.78, 5) is 23.8. The summed E-state index contributed by atoms with van der Waals surface area (Å²) in [5, 5.41) is 2.86. The van der Waals surface area contributed by atoms with Gasteiger partial charge in [-0.3, -0.25) is 9.59 Å². The third-order valence-electron chi connectivity index (χ3n) is 3.89. The van der Waals surface area contributed by atoms with Crippen molar-refractivity contribution < 1.29 is 9.59 Å². The molecule has 1 amide bonds. The van der Waals surface area contributed by atoms with Crippen molar-refractivity contribution in [3.8, 4) is 0 Å². The number of nitrogens with one attached hydrogen (secondary N) is 1. The highest BCUT2D eigenvalue weighted by Crippen LogP contribution is 2.34. The number of rotatable bonds is 5. The summed E-state index contributed by atoms with van der Waals surface area (Å²) in [6.45, 7) is 7.46. The van der Waals surface area contributed by atoms with Crippen molar-refractivity contribution in [2.75, 3.05) is 0 Å². The molecule has 0 aromatic heterocycles. The molecule has 0 radical (unpaired) electrons. The molecule has 1 aliphatic rings. The molecule has 3 heteroatoms. The second-order valence-corrected chi connectivity index (χ2v) is 5.70. The fourth-order valence-corrected chi connectivity index (χ4v) is 2.57. The average molecular weight is 295 g/mol. The fourth-order valence-electron chi connectivity index (χ4n) is 2.57. The van der Waals surface area contributed by atoms with Gasteiger partial charge in [-0.1, -0.05) is 42.5 Å². The summed E-state index contributed by atoms with van der Waals surface area (Å²) < 4.78 is 0. The first-order valence-electron chi connectivity index (χ1n) is 7.40. The number of Topliss-reactive ketones (excluding diaryl/α,β-unsaturated/α-hetero) is 1. The van der Waals surface area contributed by atoms with Gasteiger partial charge in [0.05, 0.1) is 0 Å². The van der Waals surface area contributed by atoms with E-state index >= 15 is 0 Å². The van der Waals surface area contributed by atoms with E-state index < -0.39 is 0 Å². The topological polar surface area (TPSA) is 46.2 Å². The van der Waals surface area contributed by atoms with Crippen LogP contribution in [-0.4, -0.2) is 11.7 Å². The summed E-state index contributed by atoms with van der Waals surface area (Å²) in [7, 11) is 0. The van der Waals surface area contributed by atoms with Gasteiger partial charge in [0.15, 0.2) is 5.78 Å². The Bertz CT molecular complexity index is 653. The Hall–Kier alpha value is -2.42. The first-order valence-corrected chi connectivity index (χ1v) is 7.40. The number of ketones is 1. The molecule has 0 unspecified atom stereocenters. The van der Waals surface area contributed by atoms with E-state index in [0.29, 0.717) is 12.8 Å². The van der Waals surface area contributed by atoms with Gasteiger partial charge in [0.1, 0.15) is 0 Å². The molecule has 114 valence electrons. The first-order chi connectivity index (χ1) is 10.5. The molecule has 1 aromatic carbocycles. The van der Waals surface area contributed by atoms with Crippen LogP contribution in [0.25, 0.3) is 6.08 Å². The Morgan fingerprint density at radius 1 is 1.18 bits per heavy atom. The lowest BCUT2D eigenvalue weighted by atomic mass is 9.97. The van der Waals surface area contributed by atoms with Crippen molar-refractivity contribution in [1.82, 2.24) is 5.32 Å². The number of hydrogen-bond donors (Lipinski definition) is 1. The van der Waals surface area contributed by atoms with Gasteiger partial charge in [0, 0.05) is 17.3 Å². The smallest absolute Gasteiger partial charge is 0.248 e. The highest BCUT2D eigenvalue weighted by atomic mass is 16.1. The molecule has 0 heterocycles. The van der Waals surface area contributed by atoms with E-state index in [4.69, 9.17) is 0 Å². The molecule has 0 spiro atoms. The van der Waals surface area contributed by atoms with Crippen LogP contribution in [0.15, 0.2) is 59.8 Å². The molecular formula is C19H21NO2. The molecule has 0 saturated heterocycles. The van der Waals surface area contributed by atoms with Gasteiger partial charge in [-0.15, -0.1) is 0 Å². The summed E-state index contributed by atoms with van der Waals surface area (Å²) in [5.41, 5.74) is 3.46. The zero-order valence-electron chi connectivity index (χ0n) is 13.1. The Balaban J connectivity index is 2.06. The molecule has 22 heavy (non-hydrogen) atoms. The molecule has 0 fully saturated rings. The van der Waals surface area contributed by atoms with Crippen LogP contribution < -0.4 is 5.32 Å². The maximum Gasteiger partial charge on any atom is 0.248 e. The summed E-state index contributed by atoms with van der Waals surface area (Å²) in [6.07, 6.45) is 4.60. The molecular weight excluding hydrogens is 274 g/mol. The predicted molar refractivity (Wildman–Crippen MR) is 88.9 cm³/mol. The normalized spacial score (nSPS) is 17.8. The van der Waals surface area contributed by atoms with Crippen LogP contribution in [0.4, 0.5) is 0 Å². The highest BCUT2D eigenvalue weighted by Gasteiger charge is 2.27. The number of amides is 1. The van der Waals surface area contributed by atoms with Crippen molar-refractivity contribution in [3.63, 3.8) is 0 Å². The summed E-state index contributed by atoms with van der Waals surface area (Å²) >= 11 is 0. The van der Waals surface area contributed by atoms with Crippen molar-refractivity contribution in [2.45, 2.75) is 26.7 Å². The monoisotopic (exact) mass is 295 g/mol. The Labute approximate surface area is 131 Å². The van der Waals surface area contributed by atoms with E-state index in [0.717, 1.165) is 22.4 Å². The van der Waals surface area contributed by atoms with Crippen LogP contribution in [0.5, 0.6) is 0 Å². The van der Waals surface area contributed by atoms with E-state index in [9.17, 15) is 9.59 Å². The van der Waals surface area contributed by atoms with Gasteiger partial charge in [-0.2, -0.15) is 0 Å². The van der Waals surface area contributed by atoms with Crippen LogP contribution in [-0.2, 0) is 9.59 Å². The van der Waals surface area contributed by atoms with Crippen molar-refractivity contribution in [3.05, 3.63) is 65.4 Å². The van der Waals surface area contributed by atoms with E-state index in [1.165, 1.54) is 6.08 Å². The molecule has 0 aliphatic heterocycles. The molecule has 1 aliphatic carbocycles. The Morgan fingerprint density at radius 3 is 2.45 bits per heavy atom. The number of hydrogen-bond acceptors (Lipinski definition) is 2. The maximum atomic E-state index is 12.1. The maximum absolute atomic E-state index is 12.1. The van der Waals surface area contributed by atoms with Crippen molar-refractivity contribution >= 4 is 17.8 Å². The van der Waals surface area contributed by atoms with Gasteiger partial charge >= 0.3 is 0 Å². The van der Waals surface area contributed by atoms with Crippen LogP contribution >= 0.6 is 0 Å². The third-order valence-corrected chi connectivity index (χ3v) is 3.89. The van der Waals surface area contributed by atoms with Crippen LogP contribution in [0.3, 0.4) is 0 Å². The minimum atomic E-state index is -0.208. The average Bonchev–Trinajstić information content (AvgIpc) is 2.90. The lowest BCUT2D eigenvalue weighted by Gasteiger charge is -2.09. The van der Waals surface area contributed by atoms with Crippen LogP contribution in [0.1, 0.15) is 32.3 Å². The van der Waals surface area contributed by atoms with Crippen molar-refractivity contribution in [1.29, 1.82) is 0 Å². The molecule has 0 saturated carbocycles. The molecule has 3 nitrogen and oxygen atoms in total. The molecule has 1 atom stereocenters. The van der Waals surface area contributed by atoms with Crippen LogP contribution in [0, 0.1) is 5.92 Å². The van der Waals surface area contributed by atoms with Gasteiger partial charge < -0.3 is 5.32 Å². The standard InChI is InChI=1S/C19H21NO2/c1-13(2)16-11-17(14(3)21)18(12-16)20-19(22)10-9-15-7-5-4-6-8-15/h4-10,16H,1,11-12H2,2-3H3,(H,20,22)/b10-9+/t16-/m0/s1. The molecule has 1 N–H and O–H groups in total. The quantitative estimate of drug-likeness (QED) is 0.666. The van der Waals surface area contributed by atoms with Gasteiger partial charge in [-0.05, 0) is 44.2 Å². The van der Waals surface area contributed by atoms with Gasteiger partial charge in [0.25, 0.3) is 0 Å². The third kappa shape index (κ3) is 4.04. The SMILES string of the molecule is C=C(C)[C@@H]1CC(NC(=O)/C=C/c2ccccc2)=C(C(C)=O)C1. The number of carbonyl (C=O) groups is 2. The van der Waals surface area contributed by atoms with Crippen molar-refractivity contribution in [2.24, 2.45) is 5.92 Å². The lowest BCUT2D eigenvalue weighted by Crippen LogP contribution is -2.21. The second kappa shape index (κ2) is 7.03. The number of benzene rings is 1. The number of carbonyl (C=O) groups excluding carboxylic acids is 2. The minimum Gasteiger partial charge on any atom is -0.326 e. The zero-order chi connectivity index (χ0) is 16.1. The highest BCUT2D eigenvalue weighted by molar-refractivity contribution is 5.97. The van der Waals surface area contributed by atoms with E-state index in [2.05, 4.69) is 11.9 Å². The largest absolute Gasteiger partial charge is 0.326 e. The first kappa shape index (κ1) is 16.0. The van der Waals surface area contributed by atoms with Gasteiger partial charge in [-0.25, -0.2) is 0 Å². The Kier molecular flexibility index (Phi) is 5.10. The fraction of sp³-hybridized carbons (Fsp3) is 0.263. The van der Waals surface area contributed by atoms with E-state index in [-0.39, 0.29) is 17.6 Å². The number of allylic oxidation sites excluding steroid dienone is 3. The lowest BCUT2D eigenvalue weighted by molar-refractivity contribution is -0.115. The second-order valence-electron chi connectivity index (χ2n) is 5.70. The minimum absolute atomic E-state index is 0.0195. The molecule has 0 bridgehead atoms. The zero-order valence-corrected chi connectivity index (χ0v) is 13.1. The van der Waals surface area contributed by atoms with E-state index in [1.54, 1.807) is 13.0 Å². The summed E-state index contributed by atoms with van der Waals surface area (Å²) in [5.74, 6) is 0.0540. The molecule has 2 rings (SSSR count). The predicted octanol–water partition coefficient (Wildman–Crippen LogP) is 3.65. The Morgan fingerprint density at radius 2 is 1.86 bits per heavy atom.